The zero-order valence-corrected chi connectivity index (χ0v) is 21.3. The van der Waals surface area contributed by atoms with Crippen molar-refractivity contribution in [3.8, 4) is 11.5 Å². The SMILES string of the molecule is CCOc1ccc(C(=O)N(CCN2CCOCC2)c2nc3ccc(Br)cc3s2)cc1OCC. The van der Waals surface area contributed by atoms with Crippen molar-refractivity contribution in [2.24, 2.45) is 0 Å². The van der Waals surface area contributed by atoms with E-state index in [1.165, 1.54) is 11.3 Å². The van der Waals surface area contributed by atoms with Gasteiger partial charge in [-0.2, -0.15) is 0 Å². The second kappa shape index (κ2) is 11.3. The Hall–Kier alpha value is -2.20. The predicted molar refractivity (Wildman–Crippen MR) is 135 cm³/mol. The Kier molecular flexibility index (Phi) is 8.19. The molecule has 33 heavy (non-hydrogen) atoms. The number of halogens is 1. The third-order valence-electron chi connectivity index (χ3n) is 5.35. The van der Waals surface area contributed by atoms with Gasteiger partial charge in [0.05, 0.1) is 36.6 Å². The summed E-state index contributed by atoms with van der Waals surface area (Å²) < 4.78 is 18.9. The number of fused-ring (bicyclic) bond motifs is 1. The average Bonchev–Trinajstić information content (AvgIpc) is 3.24. The molecule has 1 aliphatic rings. The third kappa shape index (κ3) is 5.84. The van der Waals surface area contributed by atoms with E-state index < -0.39 is 0 Å². The minimum atomic E-state index is -0.106. The predicted octanol–water partition coefficient (Wildman–Crippen LogP) is 4.84. The molecule has 9 heteroatoms. The number of ether oxygens (including phenoxy) is 3. The van der Waals surface area contributed by atoms with Crippen LogP contribution in [0.3, 0.4) is 0 Å². The lowest BCUT2D eigenvalue weighted by atomic mass is 10.1. The molecule has 0 atom stereocenters. The number of anilines is 1. The zero-order valence-electron chi connectivity index (χ0n) is 18.9. The fourth-order valence-electron chi connectivity index (χ4n) is 3.69. The monoisotopic (exact) mass is 533 g/mol. The van der Waals surface area contributed by atoms with Gasteiger partial charge in [-0.15, -0.1) is 0 Å². The number of carbonyl (C=O) groups excluding carboxylic acids is 1. The minimum Gasteiger partial charge on any atom is -0.490 e. The number of hydrogen-bond acceptors (Lipinski definition) is 7. The van der Waals surface area contributed by atoms with Gasteiger partial charge in [-0.1, -0.05) is 27.3 Å². The van der Waals surface area contributed by atoms with Crippen molar-refractivity contribution in [2.45, 2.75) is 13.8 Å². The molecule has 3 aromatic rings. The van der Waals surface area contributed by atoms with Crippen molar-refractivity contribution in [1.29, 1.82) is 0 Å². The topological polar surface area (TPSA) is 64.1 Å². The van der Waals surface area contributed by atoms with Gasteiger partial charge in [-0.25, -0.2) is 4.98 Å². The van der Waals surface area contributed by atoms with Gasteiger partial charge in [-0.05, 0) is 50.2 Å². The first-order chi connectivity index (χ1) is 16.1. The number of benzene rings is 2. The van der Waals surface area contributed by atoms with Crippen LogP contribution in [0.1, 0.15) is 24.2 Å². The van der Waals surface area contributed by atoms with Gasteiger partial charge in [0.2, 0.25) is 0 Å². The summed E-state index contributed by atoms with van der Waals surface area (Å²) in [6.07, 6.45) is 0. The molecule has 0 bridgehead atoms. The van der Waals surface area contributed by atoms with E-state index >= 15 is 0 Å². The smallest absolute Gasteiger partial charge is 0.260 e. The van der Waals surface area contributed by atoms with Crippen LogP contribution in [0.15, 0.2) is 40.9 Å². The summed E-state index contributed by atoms with van der Waals surface area (Å²) in [5.41, 5.74) is 1.42. The molecule has 1 aromatic heterocycles. The molecule has 0 radical (unpaired) electrons. The highest BCUT2D eigenvalue weighted by atomic mass is 79.9. The molecule has 0 saturated carbocycles. The molecule has 0 aliphatic carbocycles. The first-order valence-corrected chi connectivity index (χ1v) is 12.8. The van der Waals surface area contributed by atoms with E-state index in [2.05, 4.69) is 20.8 Å². The quantitative estimate of drug-likeness (QED) is 0.392. The minimum absolute atomic E-state index is 0.106. The standard InChI is InChI=1S/C24H28BrN3O4S/c1-3-31-20-8-5-17(15-21(20)32-4-2)23(29)28(10-9-27-11-13-30-14-12-27)24-26-19-7-6-18(25)16-22(19)33-24/h5-8,15-16H,3-4,9-14H2,1-2H3. The third-order valence-corrected chi connectivity index (χ3v) is 6.88. The Morgan fingerprint density at radius 1 is 1.12 bits per heavy atom. The molecule has 1 aliphatic heterocycles. The summed E-state index contributed by atoms with van der Waals surface area (Å²) in [6.45, 7) is 9.33. The van der Waals surface area contributed by atoms with Crippen LogP contribution >= 0.6 is 27.3 Å². The molecule has 0 spiro atoms. The number of aromatic nitrogens is 1. The van der Waals surface area contributed by atoms with Gasteiger partial charge in [-0.3, -0.25) is 14.6 Å². The van der Waals surface area contributed by atoms with E-state index in [0.29, 0.717) is 42.0 Å². The number of morpholine rings is 1. The maximum absolute atomic E-state index is 13.7. The molecule has 2 aromatic carbocycles. The van der Waals surface area contributed by atoms with E-state index in [4.69, 9.17) is 19.2 Å². The molecule has 2 heterocycles. The van der Waals surface area contributed by atoms with Crippen molar-refractivity contribution in [3.05, 3.63) is 46.4 Å². The fraction of sp³-hybridized carbons (Fsp3) is 0.417. The van der Waals surface area contributed by atoms with Crippen molar-refractivity contribution >= 4 is 48.5 Å². The van der Waals surface area contributed by atoms with E-state index in [-0.39, 0.29) is 5.91 Å². The number of hydrogen-bond donors (Lipinski definition) is 0. The van der Waals surface area contributed by atoms with Crippen molar-refractivity contribution in [3.63, 3.8) is 0 Å². The van der Waals surface area contributed by atoms with Crippen LogP contribution in [0.2, 0.25) is 0 Å². The Morgan fingerprint density at radius 2 is 1.88 bits per heavy atom. The zero-order chi connectivity index (χ0) is 23.2. The second-order valence-electron chi connectivity index (χ2n) is 7.55. The largest absolute Gasteiger partial charge is 0.490 e. The molecule has 4 rings (SSSR count). The summed E-state index contributed by atoms with van der Waals surface area (Å²) in [5, 5.41) is 0.688. The summed E-state index contributed by atoms with van der Waals surface area (Å²) in [7, 11) is 0. The van der Waals surface area contributed by atoms with Gasteiger partial charge in [0, 0.05) is 36.2 Å². The Balaban J connectivity index is 1.65. The molecule has 176 valence electrons. The number of nitrogens with zero attached hydrogens (tertiary/aromatic N) is 3. The van der Waals surface area contributed by atoms with Crippen LogP contribution in [-0.2, 0) is 4.74 Å². The maximum atomic E-state index is 13.7. The number of amides is 1. The Bertz CT molecular complexity index is 1100. The maximum Gasteiger partial charge on any atom is 0.260 e. The van der Waals surface area contributed by atoms with E-state index in [1.54, 1.807) is 23.1 Å². The van der Waals surface area contributed by atoms with Crippen molar-refractivity contribution in [2.75, 3.05) is 57.5 Å². The van der Waals surface area contributed by atoms with Gasteiger partial charge >= 0.3 is 0 Å². The highest BCUT2D eigenvalue weighted by Crippen LogP contribution is 2.33. The van der Waals surface area contributed by atoms with Crippen molar-refractivity contribution < 1.29 is 19.0 Å². The van der Waals surface area contributed by atoms with E-state index in [9.17, 15) is 4.79 Å². The molecule has 1 fully saturated rings. The lowest BCUT2D eigenvalue weighted by molar-refractivity contribution is 0.0391. The van der Waals surface area contributed by atoms with Gasteiger partial charge in [0.25, 0.3) is 5.91 Å². The highest BCUT2D eigenvalue weighted by Gasteiger charge is 2.24. The van der Waals surface area contributed by atoms with Crippen LogP contribution in [0, 0.1) is 0 Å². The fourth-order valence-corrected chi connectivity index (χ4v) is 5.23. The van der Waals surface area contributed by atoms with Gasteiger partial charge in [0.15, 0.2) is 16.6 Å². The second-order valence-corrected chi connectivity index (χ2v) is 9.47. The molecular formula is C24H28BrN3O4S. The Labute approximate surface area is 206 Å². The first-order valence-electron chi connectivity index (χ1n) is 11.2. The molecular weight excluding hydrogens is 506 g/mol. The summed E-state index contributed by atoms with van der Waals surface area (Å²) in [6, 6.07) is 11.3. The summed E-state index contributed by atoms with van der Waals surface area (Å²) in [4.78, 5) is 22.6. The number of carbonyl (C=O) groups is 1. The summed E-state index contributed by atoms with van der Waals surface area (Å²) in [5.74, 6) is 1.11. The number of rotatable bonds is 9. The first kappa shape index (κ1) is 23.9. The average molecular weight is 534 g/mol. The molecule has 1 saturated heterocycles. The molecule has 1 amide bonds. The Morgan fingerprint density at radius 3 is 2.64 bits per heavy atom. The normalized spacial score (nSPS) is 14.4. The van der Waals surface area contributed by atoms with Crippen LogP contribution in [0.4, 0.5) is 5.13 Å². The van der Waals surface area contributed by atoms with E-state index in [1.807, 2.05) is 32.0 Å². The van der Waals surface area contributed by atoms with Crippen molar-refractivity contribution in [1.82, 2.24) is 9.88 Å². The van der Waals surface area contributed by atoms with Crippen LogP contribution in [0.25, 0.3) is 10.2 Å². The summed E-state index contributed by atoms with van der Waals surface area (Å²) >= 11 is 5.04. The van der Waals surface area contributed by atoms with Crippen LogP contribution in [0.5, 0.6) is 11.5 Å². The molecule has 0 N–H and O–H groups in total. The van der Waals surface area contributed by atoms with Crippen LogP contribution in [-0.4, -0.2) is 68.4 Å². The molecule has 7 nitrogen and oxygen atoms in total. The lowest BCUT2D eigenvalue weighted by Crippen LogP contribution is -2.43. The lowest BCUT2D eigenvalue weighted by Gasteiger charge is -2.29. The highest BCUT2D eigenvalue weighted by molar-refractivity contribution is 9.10. The van der Waals surface area contributed by atoms with E-state index in [0.717, 1.165) is 47.5 Å². The molecule has 0 unspecified atom stereocenters. The number of thiazole rings is 1. The van der Waals surface area contributed by atoms with Gasteiger partial charge in [0.1, 0.15) is 0 Å². The van der Waals surface area contributed by atoms with Crippen LogP contribution < -0.4 is 14.4 Å². The van der Waals surface area contributed by atoms with Gasteiger partial charge < -0.3 is 14.2 Å².